The van der Waals surface area contributed by atoms with Gasteiger partial charge in [-0.15, -0.1) is 0 Å². The summed E-state index contributed by atoms with van der Waals surface area (Å²) in [5, 5.41) is 11.0. The molecule has 2 aromatic carbocycles. The van der Waals surface area contributed by atoms with Gasteiger partial charge in [-0.1, -0.05) is 29.3 Å². The second-order valence-corrected chi connectivity index (χ2v) is 6.57. The third-order valence-electron chi connectivity index (χ3n) is 3.67. The van der Waals surface area contributed by atoms with Gasteiger partial charge in [0.05, 0.1) is 11.1 Å². The summed E-state index contributed by atoms with van der Waals surface area (Å²) in [6.07, 6.45) is 1.53. The molecule has 1 N–H and O–H groups in total. The molecule has 0 unspecified atom stereocenters. The first kappa shape index (κ1) is 16.8. The van der Waals surface area contributed by atoms with Crippen molar-refractivity contribution in [3.8, 4) is 11.5 Å². The molecule has 1 aliphatic rings. The molecule has 0 saturated carbocycles. The molecular weight excluding hydrogens is 349 g/mol. The lowest BCUT2D eigenvalue weighted by atomic mass is 10.0. The summed E-state index contributed by atoms with van der Waals surface area (Å²) < 4.78 is 5.75. The predicted molar refractivity (Wildman–Crippen MR) is 94.9 cm³/mol. The molecule has 0 fully saturated rings. The molecule has 0 atom stereocenters. The normalized spacial score (nSPS) is 15.0. The van der Waals surface area contributed by atoms with E-state index in [-0.39, 0.29) is 17.3 Å². The summed E-state index contributed by atoms with van der Waals surface area (Å²) in [5.41, 5.74) is 1.51. The quantitative estimate of drug-likeness (QED) is 0.822. The van der Waals surface area contributed by atoms with Crippen LogP contribution in [-0.2, 0) is 6.54 Å². The Kier molecular flexibility index (Phi) is 4.54. The Balaban J connectivity index is 2.07. The fraction of sp³-hybridized carbons (Fsp3) is 0.167. The molecule has 0 aliphatic carbocycles. The van der Waals surface area contributed by atoms with Crippen LogP contribution in [0.1, 0.15) is 21.5 Å². The molecule has 0 bridgehead atoms. The van der Waals surface area contributed by atoms with E-state index in [2.05, 4.69) is 0 Å². The Morgan fingerprint density at radius 3 is 2.46 bits per heavy atom. The second-order valence-electron chi connectivity index (χ2n) is 5.75. The van der Waals surface area contributed by atoms with Crippen LogP contribution in [0.4, 0.5) is 0 Å². The number of allylic oxidation sites excluding steroid dienone is 1. The van der Waals surface area contributed by atoms with E-state index >= 15 is 0 Å². The van der Waals surface area contributed by atoms with Crippen molar-refractivity contribution in [1.82, 2.24) is 4.90 Å². The van der Waals surface area contributed by atoms with Crippen molar-refractivity contribution in [2.45, 2.75) is 6.54 Å². The lowest BCUT2D eigenvalue weighted by molar-refractivity contribution is 0.101. The van der Waals surface area contributed by atoms with Crippen molar-refractivity contribution in [3.05, 3.63) is 62.8 Å². The van der Waals surface area contributed by atoms with Crippen LogP contribution in [0.15, 0.2) is 36.1 Å². The minimum Gasteiger partial charge on any atom is -0.507 e. The topological polar surface area (TPSA) is 49.8 Å². The van der Waals surface area contributed by atoms with Crippen LogP contribution in [0.2, 0.25) is 10.0 Å². The van der Waals surface area contributed by atoms with E-state index in [4.69, 9.17) is 27.9 Å². The molecule has 0 amide bonds. The second kappa shape index (κ2) is 6.48. The van der Waals surface area contributed by atoms with E-state index in [1.807, 2.05) is 19.0 Å². The van der Waals surface area contributed by atoms with Crippen LogP contribution in [0, 0.1) is 0 Å². The van der Waals surface area contributed by atoms with Gasteiger partial charge in [-0.05, 0) is 44.4 Å². The fourth-order valence-corrected chi connectivity index (χ4v) is 3.05. The first-order valence-electron chi connectivity index (χ1n) is 7.26. The number of nitrogens with zero attached hydrogens (tertiary/aromatic N) is 1. The summed E-state index contributed by atoms with van der Waals surface area (Å²) >= 11 is 12.3. The van der Waals surface area contributed by atoms with Gasteiger partial charge in [0.15, 0.2) is 5.76 Å². The Morgan fingerprint density at radius 2 is 1.83 bits per heavy atom. The van der Waals surface area contributed by atoms with E-state index in [1.54, 1.807) is 24.3 Å². The van der Waals surface area contributed by atoms with Gasteiger partial charge in [0.2, 0.25) is 5.78 Å². The predicted octanol–water partition coefficient (Wildman–Crippen LogP) is 4.38. The smallest absolute Gasteiger partial charge is 0.231 e. The average molecular weight is 364 g/mol. The molecule has 124 valence electrons. The van der Waals surface area contributed by atoms with Crippen molar-refractivity contribution in [2.75, 3.05) is 14.1 Å². The Bertz CT molecular complexity index is 839. The number of halogens is 2. The largest absolute Gasteiger partial charge is 0.507 e. The number of benzene rings is 2. The number of ketones is 1. The number of phenols is 1. The van der Waals surface area contributed by atoms with Crippen LogP contribution < -0.4 is 4.74 Å². The van der Waals surface area contributed by atoms with Gasteiger partial charge in [0, 0.05) is 22.2 Å². The summed E-state index contributed by atoms with van der Waals surface area (Å²) in [6, 6.07) is 8.17. The molecule has 2 aromatic rings. The summed E-state index contributed by atoms with van der Waals surface area (Å²) in [7, 11) is 3.74. The lowest BCUT2D eigenvalue weighted by Gasteiger charge is -2.14. The van der Waals surface area contributed by atoms with Crippen molar-refractivity contribution >= 4 is 35.1 Å². The van der Waals surface area contributed by atoms with Crippen LogP contribution >= 0.6 is 23.2 Å². The number of hydrogen-bond donors (Lipinski definition) is 1. The third-order valence-corrected chi connectivity index (χ3v) is 4.32. The van der Waals surface area contributed by atoms with Crippen LogP contribution in [0.3, 0.4) is 0 Å². The zero-order valence-corrected chi connectivity index (χ0v) is 14.6. The zero-order chi connectivity index (χ0) is 17.4. The number of ether oxygens (including phenoxy) is 1. The van der Waals surface area contributed by atoms with E-state index in [1.165, 1.54) is 12.1 Å². The lowest BCUT2D eigenvalue weighted by Crippen LogP contribution is -2.11. The first-order chi connectivity index (χ1) is 11.4. The van der Waals surface area contributed by atoms with Gasteiger partial charge in [-0.2, -0.15) is 0 Å². The van der Waals surface area contributed by atoms with E-state index in [0.717, 1.165) is 0 Å². The number of carbonyl (C=O) groups excluding carboxylic acids is 1. The maximum Gasteiger partial charge on any atom is 0.231 e. The molecule has 24 heavy (non-hydrogen) atoms. The van der Waals surface area contributed by atoms with Gasteiger partial charge >= 0.3 is 0 Å². The van der Waals surface area contributed by atoms with E-state index in [9.17, 15) is 9.90 Å². The molecule has 0 spiro atoms. The highest BCUT2D eigenvalue weighted by atomic mass is 35.5. The van der Waals surface area contributed by atoms with Crippen molar-refractivity contribution < 1.29 is 14.6 Å². The molecule has 3 rings (SSSR count). The fourth-order valence-electron chi connectivity index (χ4n) is 2.55. The van der Waals surface area contributed by atoms with Gasteiger partial charge in [-0.25, -0.2) is 0 Å². The summed E-state index contributed by atoms with van der Waals surface area (Å²) in [4.78, 5) is 14.5. The highest BCUT2D eigenvalue weighted by molar-refractivity contribution is 6.37. The number of Topliss-reactive ketones (excluding diaryl/α,β-unsaturated/α-hetero) is 1. The van der Waals surface area contributed by atoms with Crippen LogP contribution in [0.5, 0.6) is 11.5 Å². The summed E-state index contributed by atoms with van der Waals surface area (Å²) in [6.45, 7) is 0.447. The number of carbonyl (C=O) groups is 1. The molecule has 0 aromatic heterocycles. The van der Waals surface area contributed by atoms with Gasteiger partial charge < -0.3 is 14.7 Å². The highest BCUT2D eigenvalue weighted by Crippen LogP contribution is 2.40. The minimum absolute atomic E-state index is 0.0901. The SMILES string of the molecule is CN(C)Cc1c(O)ccc2c1O/C(=C/c1c(Cl)cccc1Cl)C2=O. The number of rotatable bonds is 3. The Hall–Kier alpha value is -2.01. The molecule has 1 aliphatic heterocycles. The first-order valence-corrected chi connectivity index (χ1v) is 8.02. The number of hydrogen-bond acceptors (Lipinski definition) is 4. The van der Waals surface area contributed by atoms with Crippen molar-refractivity contribution in [3.63, 3.8) is 0 Å². The van der Waals surface area contributed by atoms with Crippen LogP contribution in [-0.4, -0.2) is 29.9 Å². The Morgan fingerprint density at radius 1 is 1.17 bits per heavy atom. The van der Waals surface area contributed by atoms with Gasteiger partial charge in [0.1, 0.15) is 11.5 Å². The number of aromatic hydroxyl groups is 1. The number of phenolic OH excluding ortho intramolecular Hbond substituents is 1. The van der Waals surface area contributed by atoms with Gasteiger partial charge in [0.25, 0.3) is 0 Å². The molecule has 4 nitrogen and oxygen atoms in total. The van der Waals surface area contributed by atoms with Crippen molar-refractivity contribution in [2.24, 2.45) is 0 Å². The molecule has 1 heterocycles. The molecule has 0 saturated heterocycles. The minimum atomic E-state index is -0.263. The van der Waals surface area contributed by atoms with E-state index in [0.29, 0.717) is 39.0 Å². The molecule has 6 heteroatoms. The molecular formula is C18H15Cl2NO3. The maximum atomic E-state index is 12.6. The maximum absolute atomic E-state index is 12.6. The van der Waals surface area contributed by atoms with Crippen molar-refractivity contribution in [1.29, 1.82) is 0 Å². The summed E-state index contributed by atoms with van der Waals surface area (Å²) in [5.74, 6) is 0.335. The third kappa shape index (κ3) is 3.00. The Labute approximate surface area is 149 Å². The average Bonchev–Trinajstić information content (AvgIpc) is 2.82. The van der Waals surface area contributed by atoms with Gasteiger partial charge in [-0.3, -0.25) is 4.79 Å². The number of fused-ring (bicyclic) bond motifs is 1. The molecule has 0 radical (unpaired) electrons. The van der Waals surface area contributed by atoms with Crippen LogP contribution in [0.25, 0.3) is 6.08 Å². The standard InChI is InChI=1S/C18H15Cl2NO3/c1-21(2)9-12-15(22)7-6-10-17(23)16(24-18(10)12)8-11-13(19)4-3-5-14(11)20/h3-8,22H,9H2,1-2H3/b16-8+. The highest BCUT2D eigenvalue weighted by Gasteiger charge is 2.31. The monoisotopic (exact) mass is 363 g/mol. The zero-order valence-electron chi connectivity index (χ0n) is 13.1. The van der Waals surface area contributed by atoms with E-state index < -0.39 is 0 Å².